The Hall–Kier alpha value is -3.59. The van der Waals surface area contributed by atoms with E-state index in [0.29, 0.717) is 42.6 Å². The van der Waals surface area contributed by atoms with Gasteiger partial charge < -0.3 is 23.7 Å². The maximum Gasteiger partial charge on any atom is 0.374 e. The highest BCUT2D eigenvalue weighted by molar-refractivity contribution is 7.12. The van der Waals surface area contributed by atoms with Crippen LogP contribution in [-0.4, -0.2) is 60.4 Å². The topological polar surface area (TPSA) is 89.3 Å². The molecule has 8 nitrogen and oxygen atoms in total. The smallest absolute Gasteiger partial charge is 0.374 e. The van der Waals surface area contributed by atoms with Crippen molar-refractivity contribution >= 4 is 29.1 Å². The number of furan rings is 1. The minimum atomic E-state index is -0.712. The van der Waals surface area contributed by atoms with Crippen LogP contribution in [0.15, 0.2) is 64.4 Å². The SMILES string of the molecule is O=C(OCC(=O)N1CCN(C(=O)c2cccs2)CC1)c1ccc(COc2ccccc2)o1. The van der Waals surface area contributed by atoms with E-state index >= 15 is 0 Å². The average molecular weight is 455 g/mol. The number of benzene rings is 1. The lowest BCUT2D eigenvalue weighted by molar-refractivity contribution is -0.136. The Kier molecular flexibility index (Phi) is 6.86. The van der Waals surface area contributed by atoms with Gasteiger partial charge in [-0.25, -0.2) is 4.79 Å². The third kappa shape index (κ3) is 5.36. The number of thiophene rings is 1. The highest BCUT2D eigenvalue weighted by Gasteiger charge is 2.26. The molecule has 0 aliphatic carbocycles. The minimum absolute atomic E-state index is 0.0100. The fourth-order valence-corrected chi connectivity index (χ4v) is 3.93. The summed E-state index contributed by atoms with van der Waals surface area (Å²) in [5.74, 6) is 0.130. The summed E-state index contributed by atoms with van der Waals surface area (Å²) in [7, 11) is 0. The number of piperazine rings is 1. The molecule has 2 amide bonds. The average Bonchev–Trinajstić information content (AvgIpc) is 3.54. The molecule has 3 heterocycles. The number of ether oxygens (including phenoxy) is 2. The van der Waals surface area contributed by atoms with Crippen molar-refractivity contribution < 1.29 is 28.3 Å². The lowest BCUT2D eigenvalue weighted by atomic mass is 10.3. The van der Waals surface area contributed by atoms with E-state index in [-0.39, 0.29) is 30.8 Å². The molecule has 1 saturated heterocycles. The number of rotatable bonds is 7. The fourth-order valence-electron chi connectivity index (χ4n) is 3.24. The predicted octanol–water partition coefficient (Wildman–Crippen LogP) is 3.06. The van der Waals surface area contributed by atoms with Crippen molar-refractivity contribution in [2.24, 2.45) is 0 Å². The molecule has 1 aromatic carbocycles. The van der Waals surface area contributed by atoms with E-state index in [1.165, 1.54) is 17.4 Å². The second-order valence-electron chi connectivity index (χ2n) is 7.09. The lowest BCUT2D eigenvalue weighted by Gasteiger charge is -2.34. The zero-order valence-corrected chi connectivity index (χ0v) is 18.1. The molecule has 2 aromatic heterocycles. The minimum Gasteiger partial charge on any atom is -0.486 e. The molecule has 0 radical (unpaired) electrons. The molecule has 0 spiro atoms. The summed E-state index contributed by atoms with van der Waals surface area (Å²) in [4.78, 5) is 41.0. The first kappa shape index (κ1) is 21.6. The molecule has 0 atom stereocenters. The standard InChI is InChI=1S/C23H22N2O6S/c26-21(24-10-12-25(13-11-24)22(27)20-7-4-14-32-20)16-30-23(28)19-9-8-18(31-19)15-29-17-5-2-1-3-6-17/h1-9,14H,10-13,15-16H2. The number of esters is 1. The Balaban J connectivity index is 1.20. The van der Waals surface area contributed by atoms with E-state index in [0.717, 1.165) is 0 Å². The van der Waals surface area contributed by atoms with Gasteiger partial charge in [0, 0.05) is 26.2 Å². The van der Waals surface area contributed by atoms with E-state index in [1.54, 1.807) is 21.9 Å². The largest absolute Gasteiger partial charge is 0.486 e. The maximum atomic E-state index is 12.4. The van der Waals surface area contributed by atoms with Crippen LogP contribution < -0.4 is 4.74 Å². The lowest BCUT2D eigenvalue weighted by Crippen LogP contribution is -2.51. The van der Waals surface area contributed by atoms with E-state index in [2.05, 4.69) is 0 Å². The van der Waals surface area contributed by atoms with E-state index in [9.17, 15) is 14.4 Å². The molecule has 0 N–H and O–H groups in total. The van der Waals surface area contributed by atoms with Gasteiger partial charge in [-0.2, -0.15) is 0 Å². The summed E-state index contributed by atoms with van der Waals surface area (Å²) >= 11 is 1.40. The molecule has 0 unspecified atom stereocenters. The number of carbonyl (C=O) groups excluding carboxylic acids is 3. The first-order valence-electron chi connectivity index (χ1n) is 10.1. The summed E-state index contributed by atoms with van der Waals surface area (Å²) in [5.41, 5.74) is 0. The fraction of sp³-hybridized carbons (Fsp3) is 0.261. The van der Waals surface area contributed by atoms with Gasteiger partial charge in [0.1, 0.15) is 18.1 Å². The van der Waals surface area contributed by atoms with Gasteiger partial charge in [-0.1, -0.05) is 24.3 Å². The van der Waals surface area contributed by atoms with Crippen molar-refractivity contribution in [3.05, 3.63) is 76.4 Å². The Morgan fingerprint density at radius 1 is 0.906 bits per heavy atom. The van der Waals surface area contributed by atoms with Crippen molar-refractivity contribution in [3.63, 3.8) is 0 Å². The Morgan fingerprint density at radius 3 is 2.38 bits per heavy atom. The highest BCUT2D eigenvalue weighted by Crippen LogP contribution is 2.16. The van der Waals surface area contributed by atoms with Crippen LogP contribution in [0, 0.1) is 0 Å². The number of hydrogen-bond acceptors (Lipinski definition) is 7. The third-order valence-electron chi connectivity index (χ3n) is 4.97. The molecule has 1 fully saturated rings. The molecule has 1 aliphatic heterocycles. The van der Waals surface area contributed by atoms with E-state index in [4.69, 9.17) is 13.9 Å². The van der Waals surface area contributed by atoms with Gasteiger partial charge in [0.2, 0.25) is 5.76 Å². The molecular formula is C23H22N2O6S. The number of para-hydroxylation sites is 1. The molecule has 166 valence electrons. The van der Waals surface area contributed by atoms with Gasteiger partial charge in [-0.05, 0) is 35.7 Å². The quantitative estimate of drug-likeness (QED) is 0.510. The van der Waals surface area contributed by atoms with Crippen LogP contribution in [0.1, 0.15) is 26.0 Å². The molecule has 4 rings (SSSR count). The van der Waals surface area contributed by atoms with Crippen LogP contribution >= 0.6 is 11.3 Å². The molecule has 9 heteroatoms. The van der Waals surface area contributed by atoms with Gasteiger partial charge in [-0.15, -0.1) is 11.3 Å². The van der Waals surface area contributed by atoms with E-state index in [1.807, 2.05) is 41.8 Å². The summed E-state index contributed by atoms with van der Waals surface area (Å²) in [6.45, 7) is 1.47. The number of nitrogens with zero attached hydrogens (tertiary/aromatic N) is 2. The molecule has 32 heavy (non-hydrogen) atoms. The molecular weight excluding hydrogens is 432 g/mol. The van der Waals surface area contributed by atoms with Gasteiger partial charge in [-0.3, -0.25) is 9.59 Å². The van der Waals surface area contributed by atoms with Crippen molar-refractivity contribution in [3.8, 4) is 5.75 Å². The van der Waals surface area contributed by atoms with Crippen LogP contribution in [0.2, 0.25) is 0 Å². The van der Waals surface area contributed by atoms with E-state index < -0.39 is 5.97 Å². The third-order valence-corrected chi connectivity index (χ3v) is 5.82. The van der Waals surface area contributed by atoms with Crippen LogP contribution in [0.3, 0.4) is 0 Å². The summed E-state index contributed by atoms with van der Waals surface area (Å²) < 4.78 is 16.1. The highest BCUT2D eigenvalue weighted by atomic mass is 32.1. The summed E-state index contributed by atoms with van der Waals surface area (Å²) in [6.07, 6.45) is 0. The number of carbonyl (C=O) groups is 3. The first-order chi connectivity index (χ1) is 15.6. The van der Waals surface area contributed by atoms with Gasteiger partial charge in [0.05, 0.1) is 4.88 Å². The van der Waals surface area contributed by atoms with Crippen LogP contribution in [0.4, 0.5) is 0 Å². The van der Waals surface area contributed by atoms with Crippen molar-refractivity contribution in [2.45, 2.75) is 6.61 Å². The zero-order chi connectivity index (χ0) is 22.3. The molecule has 3 aromatic rings. The second kappa shape index (κ2) is 10.1. The monoisotopic (exact) mass is 454 g/mol. The predicted molar refractivity (Wildman–Crippen MR) is 117 cm³/mol. The summed E-state index contributed by atoms with van der Waals surface area (Å²) in [6, 6.07) is 16.0. The first-order valence-corrected chi connectivity index (χ1v) is 11.0. The Labute approximate surface area is 188 Å². The number of hydrogen-bond donors (Lipinski definition) is 0. The van der Waals surface area contributed by atoms with Gasteiger partial charge in [0.15, 0.2) is 6.61 Å². The van der Waals surface area contributed by atoms with Crippen LogP contribution in [0.5, 0.6) is 5.75 Å². The number of amides is 2. The maximum absolute atomic E-state index is 12.4. The van der Waals surface area contributed by atoms with Gasteiger partial charge >= 0.3 is 5.97 Å². The van der Waals surface area contributed by atoms with Crippen LogP contribution in [-0.2, 0) is 16.1 Å². The zero-order valence-electron chi connectivity index (χ0n) is 17.3. The van der Waals surface area contributed by atoms with Gasteiger partial charge in [0.25, 0.3) is 11.8 Å². The molecule has 0 saturated carbocycles. The molecule has 0 bridgehead atoms. The summed E-state index contributed by atoms with van der Waals surface area (Å²) in [5, 5.41) is 1.86. The Bertz CT molecular complexity index is 1060. The van der Waals surface area contributed by atoms with Crippen LogP contribution in [0.25, 0.3) is 0 Å². The van der Waals surface area contributed by atoms with Crippen molar-refractivity contribution in [1.29, 1.82) is 0 Å². The second-order valence-corrected chi connectivity index (χ2v) is 8.04. The molecule has 1 aliphatic rings. The normalized spacial score (nSPS) is 13.6. The van der Waals surface area contributed by atoms with Crippen molar-refractivity contribution in [2.75, 3.05) is 32.8 Å². The Morgan fingerprint density at radius 2 is 1.66 bits per heavy atom. The van der Waals surface area contributed by atoms with Crippen molar-refractivity contribution in [1.82, 2.24) is 9.80 Å².